The summed E-state index contributed by atoms with van der Waals surface area (Å²) in [6.45, 7) is 0. The predicted molar refractivity (Wildman–Crippen MR) is 116 cm³/mol. The molecule has 0 bridgehead atoms. The Morgan fingerprint density at radius 1 is 1.13 bits per heavy atom. The van der Waals surface area contributed by atoms with Crippen LogP contribution in [0.1, 0.15) is 17.8 Å². The Balaban J connectivity index is 0.000000503. The molecular weight excluding hydrogens is 410 g/mol. The van der Waals surface area contributed by atoms with Gasteiger partial charge in [-0.25, -0.2) is 9.78 Å². The van der Waals surface area contributed by atoms with Crippen LogP contribution in [0.4, 0.5) is 5.69 Å². The lowest BCUT2D eigenvalue weighted by Gasteiger charge is -2.06. The van der Waals surface area contributed by atoms with Crippen LogP contribution in [-0.4, -0.2) is 51.8 Å². The number of carboxylic acid groups (broad SMARTS) is 1. The molecule has 0 saturated heterocycles. The van der Waals surface area contributed by atoms with Crippen LogP contribution in [-0.2, 0) is 0 Å². The number of aromatic carboxylic acids is 1. The Bertz CT molecular complexity index is 1100. The molecule has 0 radical (unpaired) electrons. The number of phenols is 2. The number of ether oxygens (including phenoxy) is 2. The highest BCUT2D eigenvalue weighted by Crippen LogP contribution is 2.30. The number of benzene rings is 2. The number of hydrogen-bond acceptors (Lipinski definition) is 9. The van der Waals surface area contributed by atoms with E-state index in [4.69, 9.17) is 25.7 Å². The third-order valence-corrected chi connectivity index (χ3v) is 3.52. The Morgan fingerprint density at radius 3 is 2.16 bits per heavy atom. The monoisotopic (exact) mass is 435 g/mol. The number of rotatable bonds is 3. The predicted octanol–water partition coefficient (Wildman–Crippen LogP) is 1.51. The Hall–Kier alpha value is -4.48. The van der Waals surface area contributed by atoms with Gasteiger partial charge in [-0.15, -0.1) is 0 Å². The molecule has 3 aromatic rings. The molecule has 12 heteroatoms. The number of aromatic hydroxyl groups is 2. The minimum Gasteiger partial charge on any atom is -0.504 e. The minimum atomic E-state index is -1.18. The first kappa shape index (κ1) is 26.5. The molecule has 9 N–H and O–H groups in total. The van der Waals surface area contributed by atoms with E-state index in [1.54, 1.807) is 0 Å². The van der Waals surface area contributed by atoms with Crippen molar-refractivity contribution in [3.8, 4) is 23.0 Å². The van der Waals surface area contributed by atoms with Gasteiger partial charge in [0, 0.05) is 18.2 Å². The maximum absolute atomic E-state index is 11.3. The van der Waals surface area contributed by atoms with Crippen molar-refractivity contribution >= 4 is 28.9 Å². The maximum Gasteiger partial charge on any atom is 0.337 e. The average molecular weight is 435 g/mol. The number of nitrogen functional groups attached to an aromatic ring is 1. The fourth-order valence-corrected chi connectivity index (χ4v) is 2.18. The molecule has 0 fully saturated rings. The number of aromatic nitrogens is 2. The van der Waals surface area contributed by atoms with E-state index in [0.29, 0.717) is 16.7 Å². The summed E-state index contributed by atoms with van der Waals surface area (Å²) in [6.07, 6.45) is 2.06. The standard InChI is InChI=1S/C9H8N2O3.C8H9NO4.CH4N2.CH4/c1-14-8-3-6-5(2-7(8)12)9(13)11-4-10-6;1-13-7-3-5(9)4(8(11)12)2-6(7)10;2-1-3;/h2-4,12H,1H3,(H,10,11,13);2-3,10H,9H2,1H3,(H,11,12);1H,(H3,2,3);1H4. The number of phenolic OH excluding ortho intramolecular Hbond substituents is 2. The zero-order valence-electron chi connectivity index (χ0n) is 16.0. The SMILES string of the molecule is C.COc1cc(N)c(C(=O)O)cc1O.COc1cc2nc[nH]c(=O)c2cc1O.N=CN. The van der Waals surface area contributed by atoms with E-state index in [1.807, 2.05) is 0 Å². The summed E-state index contributed by atoms with van der Waals surface area (Å²) < 4.78 is 9.63. The van der Waals surface area contributed by atoms with E-state index >= 15 is 0 Å². The third kappa shape index (κ3) is 6.81. The van der Waals surface area contributed by atoms with Crippen molar-refractivity contribution in [3.63, 3.8) is 0 Å². The number of carbonyl (C=O) groups is 1. The molecule has 0 unspecified atom stereocenters. The van der Waals surface area contributed by atoms with Crippen LogP contribution in [0.5, 0.6) is 23.0 Å². The van der Waals surface area contributed by atoms with Crippen LogP contribution < -0.4 is 26.5 Å². The van der Waals surface area contributed by atoms with Crippen molar-refractivity contribution in [2.24, 2.45) is 5.73 Å². The van der Waals surface area contributed by atoms with Crippen molar-refractivity contribution in [2.75, 3.05) is 20.0 Å². The quantitative estimate of drug-likeness (QED) is 0.136. The molecular formula is C19H25N5O7. The fourth-order valence-electron chi connectivity index (χ4n) is 2.18. The number of carboxylic acids is 1. The summed E-state index contributed by atoms with van der Waals surface area (Å²) in [5.41, 5.74) is 9.91. The van der Waals surface area contributed by atoms with Crippen molar-refractivity contribution in [1.29, 1.82) is 5.41 Å². The van der Waals surface area contributed by atoms with Gasteiger partial charge in [-0.3, -0.25) is 10.2 Å². The third-order valence-electron chi connectivity index (χ3n) is 3.52. The van der Waals surface area contributed by atoms with Crippen LogP contribution in [0.25, 0.3) is 10.9 Å². The van der Waals surface area contributed by atoms with Gasteiger partial charge in [0.15, 0.2) is 23.0 Å². The number of methoxy groups -OCH3 is 2. The molecule has 0 spiro atoms. The van der Waals surface area contributed by atoms with Gasteiger partial charge in [0.2, 0.25) is 0 Å². The van der Waals surface area contributed by atoms with Gasteiger partial charge in [0.25, 0.3) is 5.56 Å². The van der Waals surface area contributed by atoms with Gasteiger partial charge in [-0.05, 0) is 6.07 Å². The fraction of sp³-hybridized carbons (Fsp3) is 0.158. The highest BCUT2D eigenvalue weighted by atomic mass is 16.5. The lowest BCUT2D eigenvalue weighted by molar-refractivity contribution is 0.0697. The zero-order valence-corrected chi connectivity index (χ0v) is 16.0. The molecule has 1 aromatic heterocycles. The highest BCUT2D eigenvalue weighted by molar-refractivity contribution is 5.94. The Morgan fingerprint density at radius 2 is 1.65 bits per heavy atom. The van der Waals surface area contributed by atoms with Crippen molar-refractivity contribution in [3.05, 3.63) is 46.5 Å². The first-order valence-electron chi connectivity index (χ1n) is 8.04. The second-order valence-corrected chi connectivity index (χ2v) is 5.36. The average Bonchev–Trinajstić information content (AvgIpc) is 2.70. The van der Waals surface area contributed by atoms with Crippen molar-refractivity contribution in [1.82, 2.24) is 9.97 Å². The number of anilines is 1. The van der Waals surface area contributed by atoms with Crippen LogP contribution in [0, 0.1) is 5.41 Å². The van der Waals surface area contributed by atoms with Gasteiger partial charge < -0.3 is 41.2 Å². The number of nitrogens with one attached hydrogen (secondary N) is 2. The largest absolute Gasteiger partial charge is 0.504 e. The van der Waals surface area contributed by atoms with E-state index in [0.717, 1.165) is 12.4 Å². The molecule has 168 valence electrons. The number of nitrogens with zero attached hydrogens (tertiary/aromatic N) is 1. The second kappa shape index (κ2) is 12.2. The molecule has 0 saturated carbocycles. The van der Waals surface area contributed by atoms with E-state index in [9.17, 15) is 19.8 Å². The molecule has 0 aliphatic carbocycles. The van der Waals surface area contributed by atoms with Crippen LogP contribution in [0.2, 0.25) is 0 Å². The molecule has 3 rings (SSSR count). The Labute approximate surface area is 177 Å². The summed E-state index contributed by atoms with van der Waals surface area (Å²) in [7, 11) is 2.79. The molecule has 0 amide bonds. The second-order valence-electron chi connectivity index (χ2n) is 5.36. The molecule has 0 aliphatic heterocycles. The topological polar surface area (TPSA) is 218 Å². The van der Waals surface area contributed by atoms with E-state index in [2.05, 4.69) is 15.7 Å². The minimum absolute atomic E-state index is 0. The summed E-state index contributed by atoms with van der Waals surface area (Å²) in [6, 6.07) is 5.16. The lowest BCUT2D eigenvalue weighted by atomic mass is 10.1. The van der Waals surface area contributed by atoms with Crippen LogP contribution in [0.3, 0.4) is 0 Å². The number of aromatic amines is 1. The van der Waals surface area contributed by atoms with E-state index < -0.39 is 5.97 Å². The smallest absolute Gasteiger partial charge is 0.337 e. The first-order valence-corrected chi connectivity index (χ1v) is 8.04. The summed E-state index contributed by atoms with van der Waals surface area (Å²) in [4.78, 5) is 28.2. The first-order chi connectivity index (χ1) is 14.2. The van der Waals surface area contributed by atoms with E-state index in [1.165, 1.54) is 38.7 Å². The molecule has 31 heavy (non-hydrogen) atoms. The maximum atomic E-state index is 11.3. The van der Waals surface area contributed by atoms with Gasteiger partial charge in [0.1, 0.15) is 0 Å². The van der Waals surface area contributed by atoms with Gasteiger partial charge in [-0.2, -0.15) is 0 Å². The van der Waals surface area contributed by atoms with Crippen molar-refractivity contribution in [2.45, 2.75) is 7.43 Å². The molecule has 0 atom stereocenters. The van der Waals surface area contributed by atoms with Crippen LogP contribution in [0.15, 0.2) is 35.4 Å². The molecule has 1 heterocycles. The molecule has 12 nitrogen and oxygen atoms in total. The number of hydrogen-bond donors (Lipinski definition) is 7. The molecule has 2 aromatic carbocycles. The highest BCUT2D eigenvalue weighted by Gasteiger charge is 2.12. The molecule has 0 aliphatic rings. The van der Waals surface area contributed by atoms with Gasteiger partial charge >= 0.3 is 5.97 Å². The number of nitrogens with two attached hydrogens (primary N) is 2. The van der Waals surface area contributed by atoms with Gasteiger partial charge in [0.05, 0.1) is 49.0 Å². The summed E-state index contributed by atoms with van der Waals surface area (Å²) in [5.74, 6) is -1.04. The summed E-state index contributed by atoms with van der Waals surface area (Å²) >= 11 is 0. The normalized spacial score (nSPS) is 9.10. The van der Waals surface area contributed by atoms with Crippen LogP contribution >= 0.6 is 0 Å². The Kier molecular flexibility index (Phi) is 10.4. The zero-order chi connectivity index (χ0) is 22.8. The number of H-pyrrole nitrogens is 1. The summed E-state index contributed by atoms with van der Waals surface area (Å²) in [5, 5.41) is 33.5. The van der Waals surface area contributed by atoms with Gasteiger partial charge in [-0.1, -0.05) is 7.43 Å². The van der Waals surface area contributed by atoms with Crippen molar-refractivity contribution < 1.29 is 29.6 Å². The van der Waals surface area contributed by atoms with E-state index in [-0.39, 0.29) is 41.5 Å². The number of fused-ring (bicyclic) bond motifs is 1. The lowest BCUT2D eigenvalue weighted by Crippen LogP contribution is -2.06.